The molecule has 6 aromatic rings. The molecule has 2 aliphatic carbocycles. The van der Waals surface area contributed by atoms with Crippen LogP contribution in [-0.4, -0.2) is 6.21 Å². The quantitative estimate of drug-likeness (QED) is 0.0911. The number of fused-ring (bicyclic) bond motifs is 2. The summed E-state index contributed by atoms with van der Waals surface area (Å²) >= 11 is 0. The number of rotatable bonds is 13. The highest BCUT2D eigenvalue weighted by molar-refractivity contribution is 5.88. The van der Waals surface area contributed by atoms with Crippen molar-refractivity contribution in [1.29, 1.82) is 0 Å². The maximum atomic E-state index is 5.48. The van der Waals surface area contributed by atoms with Crippen LogP contribution in [-0.2, 0) is 11.8 Å². The summed E-state index contributed by atoms with van der Waals surface area (Å²) in [5.74, 6) is 0.0752. The second-order valence-corrected chi connectivity index (χ2v) is 16.3. The molecule has 332 valence electrons. The Balaban J connectivity index is 0.00000329. The molecular formula is C65H62N2. The van der Waals surface area contributed by atoms with E-state index in [-0.39, 0.29) is 5.92 Å². The van der Waals surface area contributed by atoms with E-state index >= 15 is 0 Å². The molecule has 6 aromatic carbocycles. The third kappa shape index (κ3) is 11.2. The van der Waals surface area contributed by atoms with E-state index < -0.39 is 5.41 Å². The predicted octanol–water partition coefficient (Wildman–Crippen LogP) is 17.0. The van der Waals surface area contributed by atoms with Crippen LogP contribution in [0.4, 0.5) is 5.69 Å². The number of aliphatic imine (C=N–C) groups is 1. The van der Waals surface area contributed by atoms with Crippen molar-refractivity contribution in [3.05, 3.63) is 300 Å². The molecule has 0 bridgehead atoms. The van der Waals surface area contributed by atoms with E-state index in [1.165, 1.54) is 50.4 Å². The van der Waals surface area contributed by atoms with Gasteiger partial charge in [0, 0.05) is 12.1 Å². The molecule has 0 saturated heterocycles. The van der Waals surface area contributed by atoms with Crippen molar-refractivity contribution in [1.82, 2.24) is 0 Å². The van der Waals surface area contributed by atoms with E-state index in [2.05, 4.69) is 194 Å². The van der Waals surface area contributed by atoms with Crippen LogP contribution < -0.4 is 5.73 Å². The molecule has 0 saturated carbocycles. The molecule has 2 atom stereocenters. The summed E-state index contributed by atoms with van der Waals surface area (Å²) < 4.78 is 0. The fraction of sp³-hybridized carbons (Fsp3) is 0.123. The summed E-state index contributed by atoms with van der Waals surface area (Å²) in [4.78, 5) is 5.15. The maximum Gasteiger partial charge on any atom is 0.0716 e. The Labute approximate surface area is 399 Å². The van der Waals surface area contributed by atoms with Crippen LogP contribution in [0.5, 0.6) is 0 Å². The third-order valence-corrected chi connectivity index (χ3v) is 12.2. The fourth-order valence-electron chi connectivity index (χ4n) is 9.13. The normalized spacial score (nSPS) is 18.3. The van der Waals surface area contributed by atoms with Crippen LogP contribution in [0.3, 0.4) is 0 Å². The molecule has 0 heterocycles. The van der Waals surface area contributed by atoms with E-state index in [0.717, 1.165) is 52.8 Å². The predicted molar refractivity (Wildman–Crippen MR) is 292 cm³/mol. The molecule has 0 spiro atoms. The third-order valence-electron chi connectivity index (χ3n) is 12.2. The minimum absolute atomic E-state index is 0.0752. The first kappa shape index (κ1) is 47.2. The number of nitrogens with two attached hydrogens (primary N) is 1. The lowest BCUT2D eigenvalue weighted by molar-refractivity contribution is 0.726. The molecule has 8 rings (SSSR count). The fourth-order valence-corrected chi connectivity index (χ4v) is 9.13. The molecule has 2 nitrogen and oxygen atoms in total. The van der Waals surface area contributed by atoms with E-state index in [4.69, 9.17) is 17.3 Å². The van der Waals surface area contributed by atoms with Gasteiger partial charge >= 0.3 is 0 Å². The zero-order chi connectivity index (χ0) is 46.7. The van der Waals surface area contributed by atoms with Crippen molar-refractivity contribution < 1.29 is 0 Å². The van der Waals surface area contributed by atoms with Gasteiger partial charge in [-0.2, -0.15) is 0 Å². The molecule has 0 aliphatic heterocycles. The summed E-state index contributed by atoms with van der Waals surface area (Å²) in [7, 11) is 0. The zero-order valence-corrected chi connectivity index (χ0v) is 39.2. The number of para-hydroxylation sites is 1. The summed E-state index contributed by atoms with van der Waals surface area (Å²) in [5, 5.41) is 2.43. The van der Waals surface area contributed by atoms with Gasteiger partial charge in [-0.05, 0) is 135 Å². The minimum Gasteiger partial charge on any atom is -0.405 e. The van der Waals surface area contributed by atoms with Crippen molar-refractivity contribution in [3.8, 4) is 11.1 Å². The number of benzene rings is 6. The largest absolute Gasteiger partial charge is 0.405 e. The van der Waals surface area contributed by atoms with Crippen LogP contribution in [0.15, 0.2) is 272 Å². The topological polar surface area (TPSA) is 38.4 Å². The summed E-state index contributed by atoms with van der Waals surface area (Å²) in [6, 6.07) is 50.8. The van der Waals surface area contributed by atoms with Crippen LogP contribution >= 0.6 is 0 Å². The van der Waals surface area contributed by atoms with Gasteiger partial charge in [-0.25, -0.2) is 0 Å². The van der Waals surface area contributed by atoms with Crippen molar-refractivity contribution in [2.45, 2.75) is 51.4 Å². The van der Waals surface area contributed by atoms with Crippen molar-refractivity contribution in [2.75, 3.05) is 0 Å². The zero-order valence-electron chi connectivity index (χ0n) is 39.2. The van der Waals surface area contributed by atoms with Gasteiger partial charge in [0.25, 0.3) is 0 Å². The highest BCUT2D eigenvalue weighted by Crippen LogP contribution is 2.52. The number of hydrogen-bond acceptors (Lipinski definition) is 2. The first-order chi connectivity index (χ1) is 33.1. The van der Waals surface area contributed by atoms with Gasteiger partial charge < -0.3 is 5.73 Å². The molecule has 0 amide bonds. The van der Waals surface area contributed by atoms with Crippen molar-refractivity contribution >= 4 is 28.2 Å². The molecule has 2 heteroatoms. The molecule has 0 radical (unpaired) electrons. The number of nitrogens with zero attached hydrogens (tertiary/aromatic N) is 1. The first-order valence-corrected chi connectivity index (χ1v) is 23.6. The van der Waals surface area contributed by atoms with Gasteiger partial charge in [0.2, 0.25) is 0 Å². The number of allylic oxidation sites excluding steroid dienone is 20. The van der Waals surface area contributed by atoms with Crippen LogP contribution in [0.25, 0.3) is 27.5 Å². The Bertz CT molecular complexity index is 2990. The second-order valence-electron chi connectivity index (χ2n) is 16.3. The molecule has 2 N–H and O–H groups in total. The van der Waals surface area contributed by atoms with Gasteiger partial charge in [-0.3, -0.25) is 4.99 Å². The van der Waals surface area contributed by atoms with E-state index in [1.54, 1.807) is 0 Å². The molecule has 2 aliphatic rings. The monoisotopic (exact) mass is 870 g/mol. The average Bonchev–Trinajstić information content (AvgIpc) is 3.44. The lowest BCUT2D eigenvalue weighted by Gasteiger charge is -2.40. The maximum absolute atomic E-state index is 5.48. The van der Waals surface area contributed by atoms with Gasteiger partial charge in [0.05, 0.1) is 11.1 Å². The molecule has 2 unspecified atom stereocenters. The van der Waals surface area contributed by atoms with E-state index in [1.807, 2.05) is 75.6 Å². The minimum atomic E-state index is -0.743. The lowest BCUT2D eigenvalue weighted by Crippen LogP contribution is -2.33. The molecule has 67 heavy (non-hydrogen) atoms. The Hall–Kier alpha value is -7.81. The standard InChI is InChI=1S/C63H56N2.C2H6/c1-3-4-5-22-42-65-62-40-20-19-39-60(62)63(58-36-14-11-15-37-58)48(2)43-50(30-25-35-57-46-51-28-17-18-29-55(51)47-61(57)63)52-31-23-32-53(44-52)54-33-24-34-56(45-54)59(49-26-12-10-13-27-49)38-16-8-6-7-9-21-41-64;1-2/h3-10,12-14,16-34,36-47,59H,2,11,15,35,64H2,1H3;1-2H3/b4-3-,8-6-,9-7-,22-5-,30-25-,38-16+,41-21+,50-43+,65-42?;. The smallest absolute Gasteiger partial charge is 0.0716 e. The highest BCUT2D eigenvalue weighted by Gasteiger charge is 2.43. The molecule has 0 fully saturated rings. The second kappa shape index (κ2) is 23.9. The van der Waals surface area contributed by atoms with Crippen LogP contribution in [0.1, 0.15) is 72.9 Å². The van der Waals surface area contributed by atoms with Gasteiger partial charge in [-0.15, -0.1) is 0 Å². The van der Waals surface area contributed by atoms with Gasteiger partial charge in [-0.1, -0.05) is 233 Å². The highest BCUT2D eigenvalue weighted by atomic mass is 14.7. The van der Waals surface area contributed by atoms with Crippen molar-refractivity contribution in [3.63, 3.8) is 0 Å². The lowest BCUT2D eigenvalue weighted by atomic mass is 9.61. The Morgan fingerprint density at radius 3 is 2.04 bits per heavy atom. The SMILES string of the molecule is C=C1/C=C(c2cccc(-c3cccc(C(/C=C/C=C\C=C/C=C/N)c4ccccc4)c3)c2)\C=C/Cc2cc3ccccc3cc2C1(C1=CCCC=C1)c1ccccc1N=C/C=C\C=C/C.CC. The van der Waals surface area contributed by atoms with Crippen LogP contribution in [0.2, 0.25) is 0 Å². The Morgan fingerprint density at radius 1 is 0.597 bits per heavy atom. The molecule has 0 aromatic heterocycles. The van der Waals surface area contributed by atoms with E-state index in [0.29, 0.717) is 0 Å². The van der Waals surface area contributed by atoms with Crippen LogP contribution in [0, 0.1) is 0 Å². The van der Waals surface area contributed by atoms with Gasteiger partial charge in [0.15, 0.2) is 0 Å². The summed E-state index contributed by atoms with van der Waals surface area (Å²) in [5.41, 5.74) is 18.5. The summed E-state index contributed by atoms with van der Waals surface area (Å²) in [6.07, 6.45) is 42.4. The average molecular weight is 871 g/mol. The Morgan fingerprint density at radius 2 is 1.27 bits per heavy atom. The Kier molecular flexibility index (Phi) is 16.8. The number of hydrogen-bond donors (Lipinski definition) is 1. The van der Waals surface area contributed by atoms with Crippen molar-refractivity contribution in [2.24, 2.45) is 10.7 Å². The van der Waals surface area contributed by atoms with Gasteiger partial charge in [0.1, 0.15) is 0 Å². The van der Waals surface area contributed by atoms with E-state index in [9.17, 15) is 0 Å². The first-order valence-electron chi connectivity index (χ1n) is 23.6. The summed E-state index contributed by atoms with van der Waals surface area (Å²) in [6.45, 7) is 11.1. The molecular weight excluding hydrogens is 809 g/mol.